The first-order valence-corrected chi connectivity index (χ1v) is 5.67. The SMILES string of the molecule is Cc1cncc(-c2ccc(CN(C)C)cn2)c1. The van der Waals surface area contributed by atoms with Gasteiger partial charge in [0.25, 0.3) is 0 Å². The molecule has 0 aliphatic rings. The van der Waals surface area contributed by atoms with E-state index in [1.54, 1.807) is 0 Å². The molecule has 0 aliphatic carbocycles. The van der Waals surface area contributed by atoms with Gasteiger partial charge in [-0.2, -0.15) is 0 Å². The summed E-state index contributed by atoms with van der Waals surface area (Å²) in [5, 5.41) is 0. The molecule has 0 bridgehead atoms. The van der Waals surface area contributed by atoms with Gasteiger partial charge >= 0.3 is 0 Å². The van der Waals surface area contributed by atoms with Crippen LogP contribution in [0.1, 0.15) is 11.1 Å². The van der Waals surface area contributed by atoms with Crippen molar-refractivity contribution in [3.8, 4) is 11.3 Å². The standard InChI is InChI=1S/C14H17N3/c1-11-6-13(9-15-7-11)14-5-4-12(8-16-14)10-17(2)3/h4-9H,10H2,1-3H3. The molecular formula is C14H17N3. The normalized spacial score (nSPS) is 10.8. The van der Waals surface area contributed by atoms with Crippen molar-refractivity contribution in [2.45, 2.75) is 13.5 Å². The molecule has 2 aromatic rings. The van der Waals surface area contributed by atoms with Crippen molar-refractivity contribution in [3.63, 3.8) is 0 Å². The van der Waals surface area contributed by atoms with Crippen molar-refractivity contribution in [1.82, 2.24) is 14.9 Å². The lowest BCUT2D eigenvalue weighted by Gasteiger charge is -2.09. The summed E-state index contributed by atoms with van der Waals surface area (Å²) in [5.41, 5.74) is 4.42. The minimum absolute atomic E-state index is 0.916. The number of aryl methyl sites for hydroxylation is 1. The third kappa shape index (κ3) is 3.11. The Morgan fingerprint density at radius 2 is 1.94 bits per heavy atom. The Morgan fingerprint density at radius 1 is 1.12 bits per heavy atom. The minimum atomic E-state index is 0.916. The summed E-state index contributed by atoms with van der Waals surface area (Å²) in [6, 6.07) is 6.26. The molecule has 0 amide bonds. The highest BCUT2D eigenvalue weighted by Gasteiger charge is 2.01. The van der Waals surface area contributed by atoms with E-state index in [0.717, 1.165) is 23.4 Å². The molecule has 2 aromatic heterocycles. The van der Waals surface area contributed by atoms with Gasteiger partial charge in [0.05, 0.1) is 5.69 Å². The van der Waals surface area contributed by atoms with Crippen LogP contribution in [-0.2, 0) is 6.54 Å². The maximum atomic E-state index is 4.48. The lowest BCUT2D eigenvalue weighted by molar-refractivity contribution is 0.402. The highest BCUT2D eigenvalue weighted by atomic mass is 15.0. The predicted octanol–water partition coefficient (Wildman–Crippen LogP) is 2.51. The van der Waals surface area contributed by atoms with Crippen LogP contribution >= 0.6 is 0 Å². The second-order valence-electron chi connectivity index (χ2n) is 4.54. The van der Waals surface area contributed by atoms with E-state index in [9.17, 15) is 0 Å². The number of nitrogens with zero attached hydrogens (tertiary/aromatic N) is 3. The quantitative estimate of drug-likeness (QED) is 0.806. The molecule has 0 radical (unpaired) electrons. The molecule has 0 atom stereocenters. The molecular weight excluding hydrogens is 210 g/mol. The van der Waals surface area contributed by atoms with E-state index in [1.807, 2.05) is 25.5 Å². The molecule has 3 nitrogen and oxygen atoms in total. The van der Waals surface area contributed by atoms with Gasteiger partial charge in [0, 0.05) is 30.7 Å². The lowest BCUT2D eigenvalue weighted by Crippen LogP contribution is -2.10. The second-order valence-corrected chi connectivity index (χ2v) is 4.54. The maximum absolute atomic E-state index is 4.48. The Bertz CT molecular complexity index is 489. The largest absolute Gasteiger partial charge is 0.305 e. The van der Waals surface area contributed by atoms with Gasteiger partial charge in [-0.1, -0.05) is 6.07 Å². The summed E-state index contributed by atoms with van der Waals surface area (Å²) in [5.74, 6) is 0. The van der Waals surface area contributed by atoms with Gasteiger partial charge in [-0.3, -0.25) is 9.97 Å². The van der Waals surface area contributed by atoms with Crippen LogP contribution in [0.15, 0.2) is 36.8 Å². The molecule has 2 heterocycles. The highest BCUT2D eigenvalue weighted by molar-refractivity contribution is 5.58. The summed E-state index contributed by atoms with van der Waals surface area (Å²) in [7, 11) is 4.11. The van der Waals surface area contributed by atoms with E-state index in [2.05, 4.69) is 47.2 Å². The third-order valence-electron chi connectivity index (χ3n) is 2.49. The first kappa shape index (κ1) is 11.7. The monoisotopic (exact) mass is 227 g/mol. The topological polar surface area (TPSA) is 29.0 Å². The Morgan fingerprint density at radius 3 is 2.53 bits per heavy atom. The number of aromatic nitrogens is 2. The third-order valence-corrected chi connectivity index (χ3v) is 2.49. The van der Waals surface area contributed by atoms with Gasteiger partial charge in [0.2, 0.25) is 0 Å². The molecule has 0 N–H and O–H groups in total. The van der Waals surface area contributed by atoms with Crippen LogP contribution in [0, 0.1) is 6.92 Å². The average Bonchev–Trinajstić information content (AvgIpc) is 2.29. The highest BCUT2D eigenvalue weighted by Crippen LogP contribution is 2.17. The van der Waals surface area contributed by atoms with E-state index >= 15 is 0 Å². The molecule has 88 valence electrons. The van der Waals surface area contributed by atoms with Crippen LogP contribution in [0.3, 0.4) is 0 Å². The smallest absolute Gasteiger partial charge is 0.0717 e. The fraction of sp³-hybridized carbons (Fsp3) is 0.286. The predicted molar refractivity (Wildman–Crippen MR) is 69.6 cm³/mol. The molecule has 0 saturated carbocycles. The molecule has 3 heteroatoms. The Labute approximate surface area is 102 Å². The van der Waals surface area contributed by atoms with Crippen LogP contribution in [0.25, 0.3) is 11.3 Å². The van der Waals surface area contributed by atoms with Crippen molar-refractivity contribution in [2.24, 2.45) is 0 Å². The van der Waals surface area contributed by atoms with Gasteiger partial charge < -0.3 is 4.90 Å². The van der Waals surface area contributed by atoms with Crippen molar-refractivity contribution in [2.75, 3.05) is 14.1 Å². The average molecular weight is 227 g/mol. The molecule has 17 heavy (non-hydrogen) atoms. The Kier molecular flexibility index (Phi) is 3.49. The number of hydrogen-bond donors (Lipinski definition) is 0. The number of rotatable bonds is 3. The molecule has 0 aromatic carbocycles. The summed E-state index contributed by atoms with van der Waals surface area (Å²) < 4.78 is 0. The fourth-order valence-corrected chi connectivity index (χ4v) is 1.75. The van der Waals surface area contributed by atoms with E-state index < -0.39 is 0 Å². The van der Waals surface area contributed by atoms with Gasteiger partial charge in [0.1, 0.15) is 0 Å². The summed E-state index contributed by atoms with van der Waals surface area (Å²) in [6.07, 6.45) is 5.63. The molecule has 0 spiro atoms. The molecule has 0 fully saturated rings. The van der Waals surface area contributed by atoms with Gasteiger partial charge in [-0.15, -0.1) is 0 Å². The van der Waals surface area contributed by atoms with Gasteiger partial charge in [0.15, 0.2) is 0 Å². The zero-order valence-electron chi connectivity index (χ0n) is 10.5. The van der Waals surface area contributed by atoms with Crippen molar-refractivity contribution in [3.05, 3.63) is 47.9 Å². The van der Waals surface area contributed by atoms with Crippen molar-refractivity contribution >= 4 is 0 Å². The van der Waals surface area contributed by atoms with Crippen LogP contribution in [0.5, 0.6) is 0 Å². The van der Waals surface area contributed by atoms with Gasteiger partial charge in [-0.05, 0) is 44.3 Å². The first-order chi connectivity index (χ1) is 8.15. The van der Waals surface area contributed by atoms with E-state index in [4.69, 9.17) is 0 Å². The summed E-state index contributed by atoms with van der Waals surface area (Å²) in [6.45, 7) is 2.95. The first-order valence-electron chi connectivity index (χ1n) is 5.67. The Hall–Kier alpha value is -1.74. The van der Waals surface area contributed by atoms with Crippen LogP contribution < -0.4 is 0 Å². The second kappa shape index (κ2) is 5.06. The van der Waals surface area contributed by atoms with E-state index in [1.165, 1.54) is 5.56 Å². The zero-order chi connectivity index (χ0) is 12.3. The molecule has 0 saturated heterocycles. The van der Waals surface area contributed by atoms with Crippen LogP contribution in [0.2, 0.25) is 0 Å². The number of hydrogen-bond acceptors (Lipinski definition) is 3. The van der Waals surface area contributed by atoms with Crippen molar-refractivity contribution in [1.29, 1.82) is 0 Å². The molecule has 2 rings (SSSR count). The lowest BCUT2D eigenvalue weighted by atomic mass is 10.1. The van der Waals surface area contributed by atoms with E-state index in [0.29, 0.717) is 0 Å². The maximum Gasteiger partial charge on any atom is 0.0717 e. The van der Waals surface area contributed by atoms with Crippen LogP contribution in [0.4, 0.5) is 0 Å². The summed E-state index contributed by atoms with van der Waals surface area (Å²) >= 11 is 0. The fourth-order valence-electron chi connectivity index (χ4n) is 1.75. The molecule has 0 unspecified atom stereocenters. The molecule has 0 aliphatic heterocycles. The van der Waals surface area contributed by atoms with Crippen LogP contribution in [-0.4, -0.2) is 29.0 Å². The zero-order valence-corrected chi connectivity index (χ0v) is 10.5. The number of pyridine rings is 2. The Balaban J connectivity index is 2.23. The van der Waals surface area contributed by atoms with E-state index in [-0.39, 0.29) is 0 Å². The summed E-state index contributed by atoms with van der Waals surface area (Å²) in [4.78, 5) is 10.8. The minimum Gasteiger partial charge on any atom is -0.305 e. The van der Waals surface area contributed by atoms with Gasteiger partial charge in [-0.25, -0.2) is 0 Å². The van der Waals surface area contributed by atoms with Crippen molar-refractivity contribution < 1.29 is 0 Å².